The van der Waals surface area contributed by atoms with E-state index >= 15 is 0 Å². The minimum absolute atomic E-state index is 0.0841. The van der Waals surface area contributed by atoms with Crippen LogP contribution in [0.3, 0.4) is 0 Å². The van der Waals surface area contributed by atoms with Gasteiger partial charge >= 0.3 is 0 Å². The van der Waals surface area contributed by atoms with Crippen molar-refractivity contribution in [1.82, 2.24) is 4.90 Å². The first-order chi connectivity index (χ1) is 9.58. The number of ether oxygens (including phenoxy) is 1. The van der Waals surface area contributed by atoms with Gasteiger partial charge in [-0.1, -0.05) is 12.8 Å². The standard InChI is InChI=1S/C16H24N2O2/c1-12-10-15(13(2)9-14(12)17)20-11-16(19)18-7-5-3-4-6-8-18/h9-10H,3-8,11,17H2,1-2H3. The lowest BCUT2D eigenvalue weighted by Gasteiger charge is -2.20. The van der Waals surface area contributed by atoms with Gasteiger partial charge in [-0.15, -0.1) is 0 Å². The van der Waals surface area contributed by atoms with Crippen molar-refractivity contribution in [2.24, 2.45) is 0 Å². The van der Waals surface area contributed by atoms with Crippen molar-refractivity contribution in [3.05, 3.63) is 23.3 Å². The van der Waals surface area contributed by atoms with E-state index < -0.39 is 0 Å². The van der Waals surface area contributed by atoms with E-state index in [1.54, 1.807) is 0 Å². The highest BCUT2D eigenvalue weighted by molar-refractivity contribution is 5.77. The summed E-state index contributed by atoms with van der Waals surface area (Å²) in [5.74, 6) is 0.834. The maximum absolute atomic E-state index is 12.2. The van der Waals surface area contributed by atoms with Crippen molar-refractivity contribution < 1.29 is 9.53 Å². The van der Waals surface area contributed by atoms with Gasteiger partial charge in [0, 0.05) is 18.8 Å². The summed E-state index contributed by atoms with van der Waals surface area (Å²) in [5.41, 5.74) is 8.56. The molecule has 0 atom stereocenters. The molecule has 2 N–H and O–H groups in total. The Morgan fingerprint density at radius 3 is 2.45 bits per heavy atom. The summed E-state index contributed by atoms with van der Waals surface area (Å²) in [4.78, 5) is 14.1. The van der Waals surface area contributed by atoms with Gasteiger partial charge in [0.1, 0.15) is 5.75 Å². The van der Waals surface area contributed by atoms with Crippen LogP contribution in [0.15, 0.2) is 12.1 Å². The van der Waals surface area contributed by atoms with Crippen molar-refractivity contribution >= 4 is 11.6 Å². The predicted molar refractivity (Wildman–Crippen MR) is 80.9 cm³/mol. The molecule has 1 amide bonds. The summed E-state index contributed by atoms with van der Waals surface area (Å²) in [6.45, 7) is 5.73. The molecule has 1 aliphatic rings. The smallest absolute Gasteiger partial charge is 0.260 e. The molecule has 1 heterocycles. The number of rotatable bonds is 3. The molecule has 0 spiro atoms. The van der Waals surface area contributed by atoms with E-state index in [2.05, 4.69) is 0 Å². The van der Waals surface area contributed by atoms with Crippen molar-refractivity contribution in [3.8, 4) is 5.75 Å². The first-order valence-corrected chi connectivity index (χ1v) is 7.35. The lowest BCUT2D eigenvalue weighted by molar-refractivity contribution is -0.133. The normalized spacial score (nSPS) is 15.8. The Morgan fingerprint density at radius 1 is 1.15 bits per heavy atom. The molecule has 4 nitrogen and oxygen atoms in total. The Labute approximate surface area is 120 Å². The van der Waals surface area contributed by atoms with Crippen molar-refractivity contribution in [2.75, 3.05) is 25.4 Å². The van der Waals surface area contributed by atoms with Gasteiger partial charge in [0.2, 0.25) is 0 Å². The second kappa shape index (κ2) is 6.64. The van der Waals surface area contributed by atoms with E-state index in [4.69, 9.17) is 10.5 Å². The fourth-order valence-electron chi connectivity index (χ4n) is 2.52. The molecule has 0 unspecified atom stereocenters. The highest BCUT2D eigenvalue weighted by Crippen LogP contribution is 2.24. The number of carbonyl (C=O) groups excluding carboxylic acids is 1. The second-order valence-electron chi connectivity index (χ2n) is 5.56. The number of anilines is 1. The van der Waals surface area contributed by atoms with Crippen LogP contribution < -0.4 is 10.5 Å². The molecule has 4 heteroatoms. The molecular formula is C16H24N2O2. The molecule has 0 aromatic heterocycles. The molecule has 2 rings (SSSR count). The summed E-state index contributed by atoms with van der Waals surface area (Å²) in [6.07, 6.45) is 4.65. The molecule has 1 aliphatic heterocycles. The summed E-state index contributed by atoms with van der Waals surface area (Å²) < 4.78 is 5.68. The number of benzene rings is 1. The van der Waals surface area contributed by atoms with Crippen LogP contribution >= 0.6 is 0 Å². The van der Waals surface area contributed by atoms with Gasteiger partial charge in [0.25, 0.3) is 5.91 Å². The SMILES string of the molecule is Cc1cc(OCC(=O)N2CCCCCC2)c(C)cc1N. The summed E-state index contributed by atoms with van der Waals surface area (Å²) in [7, 11) is 0. The zero-order valence-electron chi connectivity index (χ0n) is 12.4. The number of nitrogen functional groups attached to an aromatic ring is 1. The molecule has 1 fully saturated rings. The molecule has 20 heavy (non-hydrogen) atoms. The highest BCUT2D eigenvalue weighted by atomic mass is 16.5. The van der Waals surface area contributed by atoms with Gasteiger partial charge in [-0.3, -0.25) is 4.79 Å². The maximum atomic E-state index is 12.2. The van der Waals surface area contributed by atoms with E-state index in [1.165, 1.54) is 12.8 Å². The van der Waals surface area contributed by atoms with Crippen LogP contribution in [-0.2, 0) is 4.79 Å². The first kappa shape index (κ1) is 14.7. The molecule has 0 saturated carbocycles. The molecular weight excluding hydrogens is 252 g/mol. The third-order valence-corrected chi connectivity index (χ3v) is 3.87. The lowest BCUT2D eigenvalue weighted by atomic mass is 10.1. The highest BCUT2D eigenvalue weighted by Gasteiger charge is 2.16. The van der Waals surface area contributed by atoms with Crippen LogP contribution in [0.5, 0.6) is 5.75 Å². The molecule has 110 valence electrons. The Kier molecular flexibility index (Phi) is 4.88. The van der Waals surface area contributed by atoms with E-state index in [1.807, 2.05) is 30.9 Å². The average Bonchev–Trinajstić information content (AvgIpc) is 2.70. The van der Waals surface area contributed by atoms with Crippen LogP contribution in [0, 0.1) is 13.8 Å². The van der Waals surface area contributed by atoms with Crippen LogP contribution in [0.25, 0.3) is 0 Å². The van der Waals surface area contributed by atoms with Gasteiger partial charge in [0.05, 0.1) is 0 Å². The van der Waals surface area contributed by atoms with Crippen molar-refractivity contribution in [2.45, 2.75) is 39.5 Å². The van der Waals surface area contributed by atoms with Crippen LogP contribution in [0.2, 0.25) is 0 Å². The Balaban J connectivity index is 1.94. The fraction of sp³-hybridized carbons (Fsp3) is 0.562. The zero-order chi connectivity index (χ0) is 14.5. The summed E-state index contributed by atoms with van der Waals surface area (Å²) in [5, 5.41) is 0. The number of likely N-dealkylation sites (tertiary alicyclic amines) is 1. The van der Waals surface area contributed by atoms with Crippen molar-refractivity contribution in [3.63, 3.8) is 0 Å². The number of nitrogens with two attached hydrogens (primary N) is 1. The molecule has 1 aromatic carbocycles. The van der Waals surface area contributed by atoms with Crippen molar-refractivity contribution in [1.29, 1.82) is 0 Å². The van der Waals surface area contributed by atoms with E-state index in [0.717, 1.165) is 48.5 Å². The van der Waals surface area contributed by atoms with E-state index in [-0.39, 0.29) is 12.5 Å². The summed E-state index contributed by atoms with van der Waals surface area (Å²) in [6, 6.07) is 3.79. The van der Waals surface area contributed by atoms with Crippen LogP contribution in [-0.4, -0.2) is 30.5 Å². The number of carbonyl (C=O) groups is 1. The number of amides is 1. The first-order valence-electron chi connectivity index (χ1n) is 7.35. The predicted octanol–water partition coefficient (Wildman–Crippen LogP) is 2.67. The minimum Gasteiger partial charge on any atom is -0.483 e. The second-order valence-corrected chi connectivity index (χ2v) is 5.56. The van der Waals surface area contributed by atoms with E-state index in [0.29, 0.717) is 0 Å². The maximum Gasteiger partial charge on any atom is 0.260 e. The third kappa shape index (κ3) is 3.65. The van der Waals surface area contributed by atoms with Gasteiger partial charge in [-0.25, -0.2) is 0 Å². The van der Waals surface area contributed by atoms with Gasteiger partial charge in [-0.2, -0.15) is 0 Å². The van der Waals surface area contributed by atoms with Gasteiger partial charge < -0.3 is 15.4 Å². The monoisotopic (exact) mass is 276 g/mol. The van der Waals surface area contributed by atoms with Gasteiger partial charge in [0.15, 0.2) is 6.61 Å². The third-order valence-electron chi connectivity index (χ3n) is 3.87. The molecule has 1 saturated heterocycles. The topological polar surface area (TPSA) is 55.6 Å². The van der Waals surface area contributed by atoms with Crippen LogP contribution in [0.1, 0.15) is 36.8 Å². The largest absolute Gasteiger partial charge is 0.483 e. The van der Waals surface area contributed by atoms with E-state index in [9.17, 15) is 4.79 Å². The number of nitrogens with zero attached hydrogens (tertiary/aromatic N) is 1. The number of hydrogen-bond donors (Lipinski definition) is 1. The molecule has 1 aromatic rings. The Hall–Kier alpha value is -1.71. The number of aryl methyl sites for hydroxylation is 2. The molecule has 0 radical (unpaired) electrons. The zero-order valence-corrected chi connectivity index (χ0v) is 12.4. The molecule has 0 aliphatic carbocycles. The molecule has 0 bridgehead atoms. The quantitative estimate of drug-likeness (QED) is 0.864. The van der Waals surface area contributed by atoms with Crippen LogP contribution in [0.4, 0.5) is 5.69 Å². The summed E-state index contributed by atoms with van der Waals surface area (Å²) >= 11 is 0. The average molecular weight is 276 g/mol. The Morgan fingerprint density at radius 2 is 1.80 bits per heavy atom. The van der Waals surface area contributed by atoms with Gasteiger partial charge in [-0.05, 0) is 49.9 Å². The Bertz CT molecular complexity index is 478. The minimum atomic E-state index is 0.0841. The number of hydrogen-bond acceptors (Lipinski definition) is 3. The fourth-order valence-corrected chi connectivity index (χ4v) is 2.52. The lowest BCUT2D eigenvalue weighted by Crippen LogP contribution is -2.35.